The third kappa shape index (κ3) is 2.60. The summed E-state index contributed by atoms with van der Waals surface area (Å²) < 4.78 is 10.5. The molecule has 1 aromatic rings. The molecule has 0 N–H and O–H groups in total. The van der Waals surface area contributed by atoms with Crippen molar-refractivity contribution >= 4 is 5.97 Å². The van der Waals surface area contributed by atoms with Crippen molar-refractivity contribution in [3.8, 4) is 11.5 Å². The Kier molecular flexibility index (Phi) is 3.36. The lowest BCUT2D eigenvalue weighted by Crippen LogP contribution is -2.28. The standard InChI is InChI=1S/C14H18O3/c1-14(9-3-4-10-14)13(15)17-12-7-5-11(16-2)6-8-12/h5-8H,3-4,9-10H2,1-2H3. The summed E-state index contributed by atoms with van der Waals surface area (Å²) in [5.74, 6) is 1.24. The van der Waals surface area contributed by atoms with Gasteiger partial charge in [-0.05, 0) is 44.0 Å². The summed E-state index contributed by atoms with van der Waals surface area (Å²) in [6.07, 6.45) is 4.10. The molecule has 2 rings (SSSR count). The van der Waals surface area contributed by atoms with Crippen molar-refractivity contribution in [1.82, 2.24) is 0 Å². The van der Waals surface area contributed by atoms with Crippen LogP contribution in [0.2, 0.25) is 0 Å². The number of benzene rings is 1. The minimum atomic E-state index is -0.292. The van der Waals surface area contributed by atoms with E-state index in [1.165, 1.54) is 0 Å². The first-order valence-electron chi connectivity index (χ1n) is 6.00. The van der Waals surface area contributed by atoms with Crippen LogP contribution in [0.4, 0.5) is 0 Å². The van der Waals surface area contributed by atoms with Crippen LogP contribution in [0.15, 0.2) is 24.3 Å². The van der Waals surface area contributed by atoms with Crippen LogP contribution in [0.3, 0.4) is 0 Å². The number of rotatable bonds is 3. The first-order valence-corrected chi connectivity index (χ1v) is 6.00. The van der Waals surface area contributed by atoms with E-state index < -0.39 is 0 Å². The van der Waals surface area contributed by atoms with E-state index in [2.05, 4.69) is 0 Å². The van der Waals surface area contributed by atoms with Gasteiger partial charge in [0.15, 0.2) is 0 Å². The molecule has 1 aliphatic rings. The average Bonchev–Trinajstić information content (AvgIpc) is 2.78. The molecule has 92 valence electrons. The third-order valence-corrected chi connectivity index (χ3v) is 3.47. The van der Waals surface area contributed by atoms with Crippen molar-refractivity contribution in [2.45, 2.75) is 32.6 Å². The molecule has 0 aromatic heterocycles. The number of carbonyl (C=O) groups excluding carboxylic acids is 1. The van der Waals surface area contributed by atoms with Crippen molar-refractivity contribution in [2.75, 3.05) is 7.11 Å². The number of carbonyl (C=O) groups is 1. The normalized spacial score (nSPS) is 17.8. The molecule has 0 aliphatic heterocycles. The Bertz CT molecular complexity index is 388. The van der Waals surface area contributed by atoms with Crippen molar-refractivity contribution < 1.29 is 14.3 Å². The van der Waals surface area contributed by atoms with Crippen LogP contribution in [-0.4, -0.2) is 13.1 Å². The highest BCUT2D eigenvalue weighted by Crippen LogP contribution is 2.38. The monoisotopic (exact) mass is 234 g/mol. The maximum absolute atomic E-state index is 12.0. The molecule has 0 saturated heterocycles. The summed E-state index contributed by atoms with van der Waals surface area (Å²) in [6.45, 7) is 1.99. The summed E-state index contributed by atoms with van der Waals surface area (Å²) in [6, 6.07) is 7.10. The second-order valence-electron chi connectivity index (χ2n) is 4.83. The largest absolute Gasteiger partial charge is 0.497 e. The summed E-state index contributed by atoms with van der Waals surface area (Å²) in [5, 5.41) is 0. The van der Waals surface area contributed by atoms with Gasteiger partial charge >= 0.3 is 5.97 Å². The number of hydrogen-bond acceptors (Lipinski definition) is 3. The topological polar surface area (TPSA) is 35.5 Å². The van der Waals surface area contributed by atoms with Crippen molar-refractivity contribution in [3.05, 3.63) is 24.3 Å². The molecule has 0 amide bonds. The lowest BCUT2D eigenvalue weighted by Gasteiger charge is -2.20. The number of hydrogen-bond donors (Lipinski definition) is 0. The molecule has 0 spiro atoms. The van der Waals surface area contributed by atoms with Gasteiger partial charge in [0.2, 0.25) is 0 Å². The highest BCUT2D eigenvalue weighted by atomic mass is 16.5. The van der Waals surface area contributed by atoms with Crippen LogP contribution >= 0.6 is 0 Å². The SMILES string of the molecule is COc1ccc(OC(=O)C2(C)CCCC2)cc1. The molecular weight excluding hydrogens is 216 g/mol. The third-order valence-electron chi connectivity index (χ3n) is 3.47. The molecule has 1 aliphatic carbocycles. The zero-order valence-electron chi connectivity index (χ0n) is 10.4. The van der Waals surface area contributed by atoms with Crippen molar-refractivity contribution in [2.24, 2.45) is 5.41 Å². The Morgan fingerprint density at radius 3 is 2.18 bits per heavy atom. The Balaban J connectivity index is 2.02. The minimum Gasteiger partial charge on any atom is -0.497 e. The quantitative estimate of drug-likeness (QED) is 0.595. The fourth-order valence-corrected chi connectivity index (χ4v) is 2.23. The van der Waals surface area contributed by atoms with E-state index in [1.807, 2.05) is 6.92 Å². The Hall–Kier alpha value is -1.51. The minimum absolute atomic E-state index is 0.111. The van der Waals surface area contributed by atoms with E-state index in [0.29, 0.717) is 5.75 Å². The van der Waals surface area contributed by atoms with Gasteiger partial charge in [0.05, 0.1) is 12.5 Å². The molecule has 1 saturated carbocycles. The van der Waals surface area contributed by atoms with Gasteiger partial charge in [-0.3, -0.25) is 4.79 Å². The predicted molar refractivity (Wildman–Crippen MR) is 65.2 cm³/mol. The predicted octanol–water partition coefficient (Wildman–Crippen LogP) is 3.18. The van der Waals surface area contributed by atoms with Gasteiger partial charge in [0, 0.05) is 0 Å². The van der Waals surface area contributed by atoms with Gasteiger partial charge in [-0.1, -0.05) is 12.8 Å². The van der Waals surface area contributed by atoms with E-state index in [1.54, 1.807) is 31.4 Å². The molecule has 0 unspecified atom stereocenters. The smallest absolute Gasteiger partial charge is 0.317 e. The lowest BCUT2D eigenvalue weighted by atomic mass is 9.89. The molecule has 0 bridgehead atoms. The molecule has 1 aromatic carbocycles. The molecule has 0 atom stereocenters. The van der Waals surface area contributed by atoms with Crippen LogP contribution in [-0.2, 0) is 4.79 Å². The summed E-state index contributed by atoms with van der Waals surface area (Å²) in [4.78, 5) is 12.0. The highest BCUT2D eigenvalue weighted by molar-refractivity contribution is 5.79. The van der Waals surface area contributed by atoms with Gasteiger partial charge in [-0.25, -0.2) is 0 Å². The van der Waals surface area contributed by atoms with Crippen LogP contribution in [0.25, 0.3) is 0 Å². The zero-order valence-corrected chi connectivity index (χ0v) is 10.4. The molecule has 17 heavy (non-hydrogen) atoms. The first-order chi connectivity index (χ1) is 8.14. The Labute approximate surface area is 102 Å². The maximum Gasteiger partial charge on any atom is 0.317 e. The molecule has 3 heteroatoms. The fourth-order valence-electron chi connectivity index (χ4n) is 2.23. The van der Waals surface area contributed by atoms with E-state index >= 15 is 0 Å². The number of esters is 1. The van der Waals surface area contributed by atoms with Crippen molar-refractivity contribution in [3.63, 3.8) is 0 Å². The summed E-state index contributed by atoms with van der Waals surface area (Å²) in [5.41, 5.74) is -0.292. The molecule has 0 heterocycles. The molecule has 3 nitrogen and oxygen atoms in total. The highest BCUT2D eigenvalue weighted by Gasteiger charge is 2.38. The zero-order chi connectivity index (χ0) is 12.3. The Morgan fingerprint density at radius 2 is 1.65 bits per heavy atom. The van der Waals surface area contributed by atoms with Gasteiger partial charge < -0.3 is 9.47 Å². The van der Waals surface area contributed by atoms with E-state index in [9.17, 15) is 4.79 Å². The molecule has 1 fully saturated rings. The van der Waals surface area contributed by atoms with E-state index in [4.69, 9.17) is 9.47 Å². The second kappa shape index (κ2) is 4.78. The number of ether oxygens (including phenoxy) is 2. The van der Waals surface area contributed by atoms with Gasteiger partial charge in [-0.15, -0.1) is 0 Å². The van der Waals surface area contributed by atoms with E-state index in [0.717, 1.165) is 31.4 Å². The van der Waals surface area contributed by atoms with Crippen LogP contribution in [0.1, 0.15) is 32.6 Å². The Morgan fingerprint density at radius 1 is 1.12 bits per heavy atom. The lowest BCUT2D eigenvalue weighted by molar-refractivity contribution is -0.144. The van der Waals surface area contributed by atoms with Crippen molar-refractivity contribution in [1.29, 1.82) is 0 Å². The maximum atomic E-state index is 12.0. The van der Waals surface area contributed by atoms with Crippen LogP contribution in [0, 0.1) is 5.41 Å². The van der Waals surface area contributed by atoms with Crippen LogP contribution < -0.4 is 9.47 Å². The number of methoxy groups -OCH3 is 1. The van der Waals surface area contributed by atoms with E-state index in [-0.39, 0.29) is 11.4 Å². The van der Waals surface area contributed by atoms with Gasteiger partial charge in [0.25, 0.3) is 0 Å². The fraction of sp³-hybridized carbons (Fsp3) is 0.500. The van der Waals surface area contributed by atoms with Gasteiger partial charge in [-0.2, -0.15) is 0 Å². The molecular formula is C14H18O3. The summed E-state index contributed by atoms with van der Waals surface area (Å²) in [7, 11) is 1.61. The second-order valence-corrected chi connectivity index (χ2v) is 4.83. The average molecular weight is 234 g/mol. The molecule has 0 radical (unpaired) electrons. The van der Waals surface area contributed by atoms with Gasteiger partial charge in [0.1, 0.15) is 11.5 Å². The van der Waals surface area contributed by atoms with Crippen LogP contribution in [0.5, 0.6) is 11.5 Å². The summed E-state index contributed by atoms with van der Waals surface area (Å²) >= 11 is 0. The first kappa shape index (κ1) is 12.0.